The lowest BCUT2D eigenvalue weighted by Gasteiger charge is -2.00. The highest BCUT2D eigenvalue weighted by atomic mass is 79.9. The van der Waals surface area contributed by atoms with Crippen LogP contribution in [0.25, 0.3) is 21.8 Å². The summed E-state index contributed by atoms with van der Waals surface area (Å²) in [5.41, 5.74) is 3.76. The van der Waals surface area contributed by atoms with Crippen LogP contribution in [0.5, 0.6) is 0 Å². The number of rotatable bonds is 2. The maximum Gasteiger partial charge on any atom is 0.124 e. The Morgan fingerprint density at radius 1 is 1.05 bits per heavy atom. The molecule has 0 unspecified atom stereocenters. The van der Waals surface area contributed by atoms with Crippen LogP contribution in [-0.2, 0) is 0 Å². The van der Waals surface area contributed by atoms with Gasteiger partial charge >= 0.3 is 0 Å². The van der Waals surface area contributed by atoms with Gasteiger partial charge in [0.25, 0.3) is 0 Å². The monoisotopic (exact) mass is 361 g/mol. The van der Waals surface area contributed by atoms with Crippen LogP contribution in [0.3, 0.4) is 0 Å². The summed E-state index contributed by atoms with van der Waals surface area (Å²) in [6, 6.07) is 13.1. The standard InChI is InChI=1S/C17H13BrFNS/c1-10-6-13(9-15(19)7-10)17-20-16(11(2)21-17)12-4-3-5-14(18)8-12/h3-9H,1-2H3. The zero-order chi connectivity index (χ0) is 15.0. The lowest BCUT2D eigenvalue weighted by molar-refractivity contribution is 0.627. The van der Waals surface area contributed by atoms with Gasteiger partial charge in [0.15, 0.2) is 0 Å². The van der Waals surface area contributed by atoms with E-state index in [2.05, 4.69) is 15.9 Å². The van der Waals surface area contributed by atoms with E-state index in [1.165, 1.54) is 12.1 Å². The van der Waals surface area contributed by atoms with Gasteiger partial charge in [-0.2, -0.15) is 0 Å². The minimum atomic E-state index is -0.221. The molecule has 1 aromatic heterocycles. The SMILES string of the molecule is Cc1cc(F)cc(-c2nc(-c3cccc(Br)c3)c(C)s2)c1. The zero-order valence-electron chi connectivity index (χ0n) is 11.7. The fourth-order valence-electron chi connectivity index (χ4n) is 2.28. The minimum Gasteiger partial charge on any atom is -0.236 e. The van der Waals surface area contributed by atoms with E-state index in [0.717, 1.165) is 36.7 Å². The maximum atomic E-state index is 13.6. The highest BCUT2D eigenvalue weighted by molar-refractivity contribution is 9.10. The third-order valence-corrected chi connectivity index (χ3v) is 4.70. The summed E-state index contributed by atoms with van der Waals surface area (Å²) in [5, 5.41) is 0.852. The quantitative estimate of drug-likeness (QED) is 0.545. The predicted octanol–water partition coefficient (Wildman–Crippen LogP) is 6.00. The summed E-state index contributed by atoms with van der Waals surface area (Å²) < 4.78 is 14.6. The molecular formula is C17H13BrFNS. The van der Waals surface area contributed by atoms with Gasteiger partial charge in [-0.1, -0.05) is 28.1 Å². The molecular weight excluding hydrogens is 349 g/mol. The van der Waals surface area contributed by atoms with Crippen LogP contribution in [0, 0.1) is 19.7 Å². The van der Waals surface area contributed by atoms with Gasteiger partial charge in [0, 0.05) is 20.5 Å². The molecule has 0 saturated heterocycles. The molecule has 0 bridgehead atoms. The van der Waals surface area contributed by atoms with Crippen LogP contribution in [0.15, 0.2) is 46.9 Å². The first-order valence-electron chi connectivity index (χ1n) is 6.54. The van der Waals surface area contributed by atoms with Crippen LogP contribution < -0.4 is 0 Å². The molecule has 3 aromatic rings. The van der Waals surface area contributed by atoms with Crippen LogP contribution in [0.2, 0.25) is 0 Å². The maximum absolute atomic E-state index is 13.6. The third-order valence-electron chi connectivity index (χ3n) is 3.18. The summed E-state index contributed by atoms with van der Waals surface area (Å²) in [5.74, 6) is -0.221. The molecule has 1 nitrogen and oxygen atoms in total. The van der Waals surface area contributed by atoms with E-state index in [-0.39, 0.29) is 5.82 Å². The van der Waals surface area contributed by atoms with Crippen molar-refractivity contribution < 1.29 is 4.39 Å². The van der Waals surface area contributed by atoms with E-state index >= 15 is 0 Å². The Kier molecular flexibility index (Phi) is 3.91. The number of hydrogen-bond acceptors (Lipinski definition) is 2. The number of aromatic nitrogens is 1. The highest BCUT2D eigenvalue weighted by Crippen LogP contribution is 2.34. The molecule has 106 valence electrons. The number of aryl methyl sites for hydroxylation is 2. The van der Waals surface area contributed by atoms with E-state index < -0.39 is 0 Å². The molecule has 0 N–H and O–H groups in total. The van der Waals surface area contributed by atoms with Crippen molar-refractivity contribution in [3.63, 3.8) is 0 Å². The van der Waals surface area contributed by atoms with Crippen molar-refractivity contribution in [2.75, 3.05) is 0 Å². The number of nitrogens with zero attached hydrogens (tertiary/aromatic N) is 1. The van der Waals surface area contributed by atoms with Crippen LogP contribution >= 0.6 is 27.3 Å². The number of thiazole rings is 1. The van der Waals surface area contributed by atoms with Gasteiger partial charge in [-0.05, 0) is 49.7 Å². The van der Waals surface area contributed by atoms with E-state index in [4.69, 9.17) is 4.98 Å². The van der Waals surface area contributed by atoms with Gasteiger partial charge in [-0.25, -0.2) is 9.37 Å². The minimum absolute atomic E-state index is 0.221. The van der Waals surface area contributed by atoms with Gasteiger partial charge in [0.2, 0.25) is 0 Å². The number of benzene rings is 2. The van der Waals surface area contributed by atoms with Crippen molar-refractivity contribution in [1.82, 2.24) is 4.98 Å². The summed E-state index contributed by atoms with van der Waals surface area (Å²) in [4.78, 5) is 5.83. The van der Waals surface area contributed by atoms with Crippen molar-refractivity contribution in [1.29, 1.82) is 0 Å². The highest BCUT2D eigenvalue weighted by Gasteiger charge is 2.12. The second kappa shape index (κ2) is 5.70. The van der Waals surface area contributed by atoms with Crippen LogP contribution in [0.4, 0.5) is 4.39 Å². The molecule has 21 heavy (non-hydrogen) atoms. The summed E-state index contributed by atoms with van der Waals surface area (Å²) in [6.07, 6.45) is 0. The van der Waals surface area contributed by atoms with Crippen molar-refractivity contribution in [3.05, 3.63) is 63.2 Å². The molecule has 1 heterocycles. The molecule has 0 aliphatic rings. The van der Waals surface area contributed by atoms with E-state index in [1.807, 2.05) is 44.2 Å². The van der Waals surface area contributed by atoms with Gasteiger partial charge in [0.1, 0.15) is 10.8 Å². The van der Waals surface area contributed by atoms with Gasteiger partial charge in [0.05, 0.1) is 5.69 Å². The normalized spacial score (nSPS) is 10.9. The molecule has 0 atom stereocenters. The molecule has 0 saturated carbocycles. The Morgan fingerprint density at radius 2 is 1.86 bits per heavy atom. The first-order valence-corrected chi connectivity index (χ1v) is 8.15. The van der Waals surface area contributed by atoms with E-state index in [0.29, 0.717) is 0 Å². The average molecular weight is 362 g/mol. The van der Waals surface area contributed by atoms with Crippen molar-refractivity contribution in [2.45, 2.75) is 13.8 Å². The zero-order valence-corrected chi connectivity index (χ0v) is 14.1. The van der Waals surface area contributed by atoms with Gasteiger partial charge < -0.3 is 0 Å². The topological polar surface area (TPSA) is 12.9 Å². The van der Waals surface area contributed by atoms with Crippen molar-refractivity contribution >= 4 is 27.3 Å². The molecule has 0 fully saturated rings. The lowest BCUT2D eigenvalue weighted by Crippen LogP contribution is -1.84. The molecule has 0 spiro atoms. The Morgan fingerprint density at radius 3 is 2.57 bits per heavy atom. The Labute approximate surface area is 135 Å². The fraction of sp³-hybridized carbons (Fsp3) is 0.118. The smallest absolute Gasteiger partial charge is 0.124 e. The lowest BCUT2D eigenvalue weighted by atomic mass is 10.1. The molecule has 0 radical (unpaired) electrons. The molecule has 2 aromatic carbocycles. The first kappa shape index (κ1) is 14.4. The average Bonchev–Trinajstić information content (AvgIpc) is 2.80. The van der Waals surface area contributed by atoms with E-state index in [9.17, 15) is 4.39 Å². The second-order valence-electron chi connectivity index (χ2n) is 4.95. The predicted molar refractivity (Wildman–Crippen MR) is 90.1 cm³/mol. The summed E-state index contributed by atoms with van der Waals surface area (Å²) in [7, 11) is 0. The molecule has 0 amide bonds. The fourth-order valence-corrected chi connectivity index (χ4v) is 3.61. The Balaban J connectivity index is 2.09. The number of halogens is 2. The summed E-state index contributed by atoms with van der Waals surface area (Å²) in [6.45, 7) is 3.94. The largest absolute Gasteiger partial charge is 0.236 e. The van der Waals surface area contributed by atoms with Crippen molar-refractivity contribution in [3.8, 4) is 21.8 Å². The molecule has 4 heteroatoms. The molecule has 0 aliphatic carbocycles. The second-order valence-corrected chi connectivity index (χ2v) is 7.07. The van der Waals surface area contributed by atoms with Crippen LogP contribution in [-0.4, -0.2) is 4.98 Å². The van der Waals surface area contributed by atoms with Crippen molar-refractivity contribution in [2.24, 2.45) is 0 Å². The molecule has 3 rings (SSSR count). The van der Waals surface area contributed by atoms with E-state index in [1.54, 1.807) is 11.3 Å². The third kappa shape index (κ3) is 3.06. The van der Waals surface area contributed by atoms with Crippen LogP contribution in [0.1, 0.15) is 10.4 Å². The Hall–Kier alpha value is -1.52. The van der Waals surface area contributed by atoms with Gasteiger partial charge in [-0.15, -0.1) is 11.3 Å². The first-order chi connectivity index (χ1) is 10.0. The van der Waals surface area contributed by atoms with Gasteiger partial charge in [-0.3, -0.25) is 0 Å². The number of hydrogen-bond donors (Lipinski definition) is 0. The molecule has 0 aliphatic heterocycles. The summed E-state index contributed by atoms with van der Waals surface area (Å²) >= 11 is 5.07. The Bertz CT molecular complexity index is 790.